The van der Waals surface area contributed by atoms with Crippen LogP contribution in [0.4, 0.5) is 10.5 Å². The molecule has 0 unspecified atom stereocenters. The molecule has 0 aliphatic heterocycles. The number of hydrogen-bond acceptors (Lipinski definition) is 3. The molecule has 134 valence electrons. The molecule has 1 heterocycles. The van der Waals surface area contributed by atoms with Crippen LogP contribution in [0.15, 0.2) is 41.8 Å². The third-order valence-electron chi connectivity index (χ3n) is 3.67. The Kier molecular flexibility index (Phi) is 7.47. The van der Waals surface area contributed by atoms with E-state index in [1.165, 1.54) is 0 Å². The van der Waals surface area contributed by atoms with Crippen LogP contribution in [0.5, 0.6) is 0 Å². The van der Waals surface area contributed by atoms with Crippen LogP contribution in [0.3, 0.4) is 0 Å². The summed E-state index contributed by atoms with van der Waals surface area (Å²) in [4.78, 5) is 27.4. The molecule has 0 saturated carbocycles. The average molecular weight is 359 g/mol. The summed E-state index contributed by atoms with van der Waals surface area (Å²) >= 11 is 1.60. The van der Waals surface area contributed by atoms with E-state index in [-0.39, 0.29) is 11.9 Å². The number of carbonyl (C=O) groups excluding carboxylic acids is 2. The third kappa shape index (κ3) is 5.90. The standard InChI is InChI=1S/C19H25N3O2S/c1-3-11-22(12-4-2)18(23)15-7-9-16(10-8-15)21-19(24)20-14-17-6-5-13-25-17/h5-10,13H,3-4,11-12,14H2,1-2H3,(H2,20,21,24). The van der Waals surface area contributed by atoms with Crippen LogP contribution in [-0.4, -0.2) is 29.9 Å². The van der Waals surface area contributed by atoms with Crippen molar-refractivity contribution in [3.63, 3.8) is 0 Å². The lowest BCUT2D eigenvalue weighted by Crippen LogP contribution is -2.32. The molecule has 3 amide bonds. The van der Waals surface area contributed by atoms with Crippen molar-refractivity contribution < 1.29 is 9.59 Å². The first kappa shape index (κ1) is 19.0. The zero-order chi connectivity index (χ0) is 18.1. The van der Waals surface area contributed by atoms with Gasteiger partial charge in [0.15, 0.2) is 0 Å². The van der Waals surface area contributed by atoms with Crippen LogP contribution in [0.25, 0.3) is 0 Å². The van der Waals surface area contributed by atoms with Crippen LogP contribution in [-0.2, 0) is 6.54 Å². The van der Waals surface area contributed by atoms with Crippen LogP contribution in [0, 0.1) is 0 Å². The fraction of sp³-hybridized carbons (Fsp3) is 0.368. The SMILES string of the molecule is CCCN(CCC)C(=O)c1ccc(NC(=O)NCc2cccs2)cc1. The predicted octanol–water partition coefficient (Wildman–Crippen LogP) is 4.33. The van der Waals surface area contributed by atoms with Gasteiger partial charge in [0.25, 0.3) is 5.91 Å². The molecule has 0 saturated heterocycles. The highest BCUT2D eigenvalue weighted by Gasteiger charge is 2.14. The molecule has 0 spiro atoms. The number of hydrogen-bond donors (Lipinski definition) is 2. The number of urea groups is 1. The highest BCUT2D eigenvalue weighted by molar-refractivity contribution is 7.09. The number of carbonyl (C=O) groups is 2. The van der Waals surface area contributed by atoms with Crippen LogP contribution in [0.1, 0.15) is 41.9 Å². The smallest absolute Gasteiger partial charge is 0.319 e. The van der Waals surface area contributed by atoms with E-state index in [0.717, 1.165) is 30.8 Å². The maximum absolute atomic E-state index is 12.5. The van der Waals surface area contributed by atoms with Gasteiger partial charge < -0.3 is 15.5 Å². The highest BCUT2D eigenvalue weighted by atomic mass is 32.1. The van der Waals surface area contributed by atoms with E-state index in [2.05, 4.69) is 24.5 Å². The maximum atomic E-state index is 12.5. The summed E-state index contributed by atoms with van der Waals surface area (Å²) in [5.41, 5.74) is 1.31. The molecule has 2 N–H and O–H groups in total. The lowest BCUT2D eigenvalue weighted by atomic mass is 10.1. The number of benzene rings is 1. The first-order valence-electron chi connectivity index (χ1n) is 8.60. The fourth-order valence-electron chi connectivity index (χ4n) is 2.49. The average Bonchev–Trinajstić information content (AvgIpc) is 3.13. The molecule has 2 rings (SSSR count). The number of nitrogens with one attached hydrogen (secondary N) is 2. The van der Waals surface area contributed by atoms with Crippen LogP contribution in [0.2, 0.25) is 0 Å². The van der Waals surface area contributed by atoms with E-state index in [1.54, 1.807) is 35.6 Å². The molecule has 0 aliphatic carbocycles. The second kappa shape index (κ2) is 9.84. The normalized spacial score (nSPS) is 10.3. The molecule has 0 aliphatic rings. The molecule has 6 heteroatoms. The Balaban J connectivity index is 1.89. The second-order valence-corrected chi connectivity index (χ2v) is 6.79. The topological polar surface area (TPSA) is 61.4 Å². The van der Waals surface area contributed by atoms with Crippen molar-refractivity contribution in [2.24, 2.45) is 0 Å². The second-order valence-electron chi connectivity index (χ2n) is 5.76. The van der Waals surface area contributed by atoms with Crippen LogP contribution >= 0.6 is 11.3 Å². The van der Waals surface area contributed by atoms with Crippen molar-refractivity contribution in [3.8, 4) is 0 Å². The van der Waals surface area contributed by atoms with Gasteiger partial charge in [0, 0.05) is 29.2 Å². The number of anilines is 1. The Morgan fingerprint density at radius 1 is 1.04 bits per heavy atom. The molecule has 2 aromatic rings. The van der Waals surface area contributed by atoms with E-state index in [1.807, 2.05) is 22.4 Å². The zero-order valence-electron chi connectivity index (χ0n) is 14.7. The fourth-order valence-corrected chi connectivity index (χ4v) is 3.13. The number of rotatable bonds is 8. The molecule has 1 aromatic heterocycles. The third-order valence-corrected chi connectivity index (χ3v) is 4.54. The summed E-state index contributed by atoms with van der Waals surface area (Å²) in [6.07, 6.45) is 1.88. The minimum Gasteiger partial charge on any atom is -0.339 e. The van der Waals surface area contributed by atoms with Crippen molar-refractivity contribution in [3.05, 3.63) is 52.2 Å². The quantitative estimate of drug-likeness (QED) is 0.737. The minimum atomic E-state index is -0.258. The van der Waals surface area contributed by atoms with E-state index in [0.29, 0.717) is 17.8 Å². The van der Waals surface area contributed by atoms with Gasteiger partial charge in [-0.3, -0.25) is 4.79 Å². The van der Waals surface area contributed by atoms with Crippen molar-refractivity contribution >= 4 is 29.0 Å². The summed E-state index contributed by atoms with van der Waals surface area (Å²) in [7, 11) is 0. The Hall–Kier alpha value is -2.34. The Labute approximate surface area is 153 Å². The van der Waals surface area contributed by atoms with E-state index < -0.39 is 0 Å². The lowest BCUT2D eigenvalue weighted by molar-refractivity contribution is 0.0755. The Morgan fingerprint density at radius 3 is 2.28 bits per heavy atom. The van der Waals surface area contributed by atoms with E-state index >= 15 is 0 Å². The van der Waals surface area contributed by atoms with Gasteiger partial charge in [0.2, 0.25) is 0 Å². The van der Waals surface area contributed by atoms with Crippen molar-refractivity contribution in [1.29, 1.82) is 0 Å². The molecular weight excluding hydrogens is 334 g/mol. The molecule has 0 radical (unpaired) electrons. The minimum absolute atomic E-state index is 0.0393. The number of amides is 3. The van der Waals surface area contributed by atoms with E-state index in [4.69, 9.17) is 0 Å². The van der Waals surface area contributed by atoms with Gasteiger partial charge in [0.05, 0.1) is 6.54 Å². The molecule has 0 bridgehead atoms. The molecule has 5 nitrogen and oxygen atoms in total. The first-order valence-corrected chi connectivity index (χ1v) is 9.48. The van der Waals surface area contributed by atoms with Gasteiger partial charge in [-0.05, 0) is 48.6 Å². The molecule has 0 fully saturated rings. The summed E-state index contributed by atoms with van der Waals surface area (Å²) < 4.78 is 0. The van der Waals surface area contributed by atoms with Gasteiger partial charge in [-0.15, -0.1) is 11.3 Å². The summed E-state index contributed by atoms with van der Waals surface area (Å²) in [6, 6.07) is 10.7. The first-order chi connectivity index (χ1) is 12.1. The Bertz CT molecular complexity index is 662. The van der Waals surface area contributed by atoms with Gasteiger partial charge in [0.1, 0.15) is 0 Å². The molecular formula is C19H25N3O2S. The number of thiophene rings is 1. The van der Waals surface area contributed by atoms with Gasteiger partial charge in [-0.1, -0.05) is 19.9 Å². The summed E-state index contributed by atoms with van der Waals surface area (Å²) in [6.45, 7) is 6.16. The highest BCUT2D eigenvalue weighted by Crippen LogP contribution is 2.13. The van der Waals surface area contributed by atoms with Gasteiger partial charge in [-0.2, -0.15) is 0 Å². The van der Waals surface area contributed by atoms with Crippen molar-refractivity contribution in [2.45, 2.75) is 33.2 Å². The largest absolute Gasteiger partial charge is 0.339 e. The Morgan fingerprint density at radius 2 is 1.72 bits per heavy atom. The van der Waals surface area contributed by atoms with Crippen molar-refractivity contribution in [2.75, 3.05) is 18.4 Å². The zero-order valence-corrected chi connectivity index (χ0v) is 15.6. The molecule has 0 atom stereocenters. The number of nitrogens with zero attached hydrogens (tertiary/aromatic N) is 1. The maximum Gasteiger partial charge on any atom is 0.319 e. The van der Waals surface area contributed by atoms with Crippen molar-refractivity contribution in [1.82, 2.24) is 10.2 Å². The van der Waals surface area contributed by atoms with Gasteiger partial charge in [-0.25, -0.2) is 4.79 Å². The monoisotopic (exact) mass is 359 g/mol. The lowest BCUT2D eigenvalue weighted by Gasteiger charge is -2.21. The molecule has 1 aromatic carbocycles. The predicted molar refractivity (Wildman–Crippen MR) is 103 cm³/mol. The summed E-state index contributed by atoms with van der Waals surface area (Å²) in [5, 5.41) is 7.56. The molecule has 25 heavy (non-hydrogen) atoms. The van der Waals surface area contributed by atoms with Gasteiger partial charge >= 0.3 is 6.03 Å². The van der Waals surface area contributed by atoms with E-state index in [9.17, 15) is 9.59 Å². The van der Waals surface area contributed by atoms with Crippen LogP contribution < -0.4 is 10.6 Å². The summed E-state index contributed by atoms with van der Waals surface area (Å²) in [5.74, 6) is 0.0393.